The van der Waals surface area contributed by atoms with Crippen molar-refractivity contribution in [2.75, 3.05) is 9.80 Å². The molecule has 0 radical (unpaired) electrons. The van der Waals surface area contributed by atoms with Gasteiger partial charge in [0.25, 0.3) is 0 Å². The summed E-state index contributed by atoms with van der Waals surface area (Å²) < 4.78 is 0. The molecule has 330 valence electrons. The van der Waals surface area contributed by atoms with E-state index in [1.165, 1.54) is 88.9 Å². The maximum absolute atomic E-state index is 2.46. The lowest BCUT2D eigenvalue weighted by Crippen LogP contribution is -2.29. The van der Waals surface area contributed by atoms with Gasteiger partial charge in [0, 0.05) is 33.7 Å². The number of allylic oxidation sites excluding steroid dienone is 2. The Labute approximate surface area is 406 Å². The molecule has 0 spiro atoms. The molecular weight excluding hydrogens is 833 g/mol. The lowest BCUT2D eigenvalue weighted by Gasteiger charge is -2.32. The van der Waals surface area contributed by atoms with Gasteiger partial charge in [-0.2, -0.15) is 0 Å². The van der Waals surface area contributed by atoms with Gasteiger partial charge < -0.3 is 9.80 Å². The first-order valence-electron chi connectivity index (χ1n) is 24.2. The normalized spacial score (nSPS) is 14.3. The van der Waals surface area contributed by atoms with E-state index in [1.54, 1.807) is 0 Å². The second-order valence-corrected chi connectivity index (χ2v) is 18.9. The molecule has 2 nitrogen and oxygen atoms in total. The van der Waals surface area contributed by atoms with Crippen LogP contribution in [0.5, 0.6) is 0 Å². The maximum Gasteiger partial charge on any atom is 0.0559 e. The van der Waals surface area contributed by atoms with Gasteiger partial charge >= 0.3 is 0 Å². The molecule has 1 unspecified atom stereocenters. The Kier molecular flexibility index (Phi) is 10.7. The molecule has 10 aromatic rings. The first-order chi connectivity index (χ1) is 34.0. The smallest absolute Gasteiger partial charge is 0.0559 e. The highest BCUT2D eigenvalue weighted by molar-refractivity contribution is 6.05. The van der Waals surface area contributed by atoms with Crippen LogP contribution in [0.15, 0.2) is 261 Å². The number of rotatable bonds is 10. The van der Waals surface area contributed by atoms with Gasteiger partial charge in [0.2, 0.25) is 0 Å². The summed E-state index contributed by atoms with van der Waals surface area (Å²) in [6.07, 6.45) is 9.82. The summed E-state index contributed by atoms with van der Waals surface area (Å²) in [7, 11) is 0. The van der Waals surface area contributed by atoms with Crippen molar-refractivity contribution >= 4 is 39.2 Å². The lowest BCUT2D eigenvalue weighted by molar-refractivity contribution is 0.660. The number of hydrogen-bond acceptors (Lipinski definition) is 2. The second-order valence-electron chi connectivity index (χ2n) is 18.9. The molecular formula is C67H52N2. The average Bonchev–Trinajstić information content (AvgIpc) is 3.65. The van der Waals surface area contributed by atoms with Crippen molar-refractivity contribution in [1.82, 2.24) is 0 Å². The fraction of sp³-hybridized carbons (Fsp3) is 0.0746. The van der Waals surface area contributed by atoms with Crippen molar-refractivity contribution in [2.24, 2.45) is 0 Å². The van der Waals surface area contributed by atoms with Gasteiger partial charge in [-0.05, 0) is 133 Å². The Balaban J connectivity index is 0.842. The Hall–Kier alpha value is -8.46. The van der Waals surface area contributed by atoms with Crippen LogP contribution in [-0.2, 0) is 5.41 Å². The van der Waals surface area contributed by atoms with Crippen molar-refractivity contribution in [3.05, 3.63) is 272 Å². The van der Waals surface area contributed by atoms with E-state index in [1.807, 2.05) is 0 Å². The fourth-order valence-corrected chi connectivity index (χ4v) is 10.8. The number of nitrogens with zero attached hydrogens (tertiary/aromatic N) is 2. The SMILES string of the molecule is CC1(C)c2ccccc2-c2ccc(N(c3ccc(-c4ccc(-c5ccc(-c6ccc(N(c7ccccc7)C7C=CC=CC7)cc6)cc5)cc4)cc3)c3ccc4ccccc4c3-c3ccccc3)cc21. The van der Waals surface area contributed by atoms with Gasteiger partial charge in [-0.3, -0.25) is 0 Å². The molecule has 0 aromatic heterocycles. The van der Waals surface area contributed by atoms with Crippen LogP contribution in [0.2, 0.25) is 0 Å². The van der Waals surface area contributed by atoms with Crippen LogP contribution in [0.25, 0.3) is 66.4 Å². The fourth-order valence-electron chi connectivity index (χ4n) is 10.8. The van der Waals surface area contributed by atoms with E-state index < -0.39 is 0 Å². The third kappa shape index (κ3) is 7.74. The van der Waals surface area contributed by atoms with Crippen LogP contribution in [0, 0.1) is 0 Å². The lowest BCUT2D eigenvalue weighted by atomic mass is 9.82. The van der Waals surface area contributed by atoms with Gasteiger partial charge in [0.15, 0.2) is 0 Å². The molecule has 69 heavy (non-hydrogen) atoms. The Bertz CT molecular complexity index is 3510. The van der Waals surface area contributed by atoms with Crippen LogP contribution < -0.4 is 9.80 Å². The topological polar surface area (TPSA) is 6.48 Å². The average molecular weight is 885 g/mol. The Morgan fingerprint density at radius 2 is 0.899 bits per heavy atom. The largest absolute Gasteiger partial charge is 0.334 e. The maximum atomic E-state index is 2.46. The monoisotopic (exact) mass is 884 g/mol. The molecule has 0 bridgehead atoms. The molecule has 2 aliphatic rings. The van der Waals surface area contributed by atoms with Crippen molar-refractivity contribution in [3.63, 3.8) is 0 Å². The molecule has 1 atom stereocenters. The van der Waals surface area contributed by atoms with E-state index in [-0.39, 0.29) is 11.5 Å². The highest BCUT2D eigenvalue weighted by Gasteiger charge is 2.36. The second kappa shape index (κ2) is 17.6. The summed E-state index contributed by atoms with van der Waals surface area (Å²) in [5, 5.41) is 2.46. The summed E-state index contributed by atoms with van der Waals surface area (Å²) in [5.41, 5.74) is 20.6. The molecule has 2 heteroatoms. The van der Waals surface area contributed by atoms with E-state index in [0.717, 1.165) is 23.5 Å². The quantitative estimate of drug-likeness (QED) is 0.135. The molecule has 0 fully saturated rings. The number of benzene rings is 10. The number of fused-ring (bicyclic) bond motifs is 4. The molecule has 0 N–H and O–H groups in total. The minimum absolute atomic E-state index is 0.125. The van der Waals surface area contributed by atoms with Gasteiger partial charge in [0.1, 0.15) is 0 Å². The van der Waals surface area contributed by atoms with Gasteiger partial charge in [-0.25, -0.2) is 0 Å². The molecule has 0 aliphatic heterocycles. The van der Waals surface area contributed by atoms with Gasteiger partial charge in [-0.15, -0.1) is 0 Å². The van der Waals surface area contributed by atoms with Crippen molar-refractivity contribution in [2.45, 2.75) is 31.7 Å². The van der Waals surface area contributed by atoms with E-state index >= 15 is 0 Å². The van der Waals surface area contributed by atoms with Gasteiger partial charge in [0.05, 0.1) is 11.7 Å². The van der Waals surface area contributed by atoms with E-state index in [2.05, 4.69) is 285 Å². The van der Waals surface area contributed by atoms with Crippen molar-refractivity contribution in [1.29, 1.82) is 0 Å². The first-order valence-corrected chi connectivity index (χ1v) is 24.2. The minimum Gasteiger partial charge on any atom is -0.334 e. The molecule has 2 aliphatic carbocycles. The van der Waals surface area contributed by atoms with E-state index in [4.69, 9.17) is 0 Å². The van der Waals surface area contributed by atoms with Crippen LogP contribution in [0.3, 0.4) is 0 Å². The third-order valence-corrected chi connectivity index (χ3v) is 14.4. The zero-order chi connectivity index (χ0) is 46.3. The standard InChI is InChI=1S/C67H52N2/c1-67(2)63-25-15-14-24-61(63)62-44-43-59(46-64(62)67)69(65-45-38-53-16-12-13-23-60(53)66(65)54-17-6-3-7-18-54)58-41-36-52(37-42-58)50-32-28-48(29-33-50)47-26-30-49(31-27-47)51-34-39-57(40-35-51)68(55-19-8-4-9-20-55)56-21-10-5-11-22-56/h3-21,23-46,56H,22H2,1-2H3. The highest BCUT2D eigenvalue weighted by Crippen LogP contribution is 2.52. The molecule has 10 aromatic carbocycles. The first kappa shape index (κ1) is 41.9. The predicted octanol–water partition coefficient (Wildman–Crippen LogP) is 18.3. The highest BCUT2D eigenvalue weighted by atomic mass is 15.2. The van der Waals surface area contributed by atoms with Crippen LogP contribution in [0.1, 0.15) is 31.4 Å². The zero-order valence-corrected chi connectivity index (χ0v) is 39.0. The van der Waals surface area contributed by atoms with Crippen molar-refractivity contribution in [3.8, 4) is 55.6 Å². The molecule has 12 rings (SSSR count). The molecule has 0 heterocycles. The van der Waals surface area contributed by atoms with Gasteiger partial charge in [-0.1, -0.05) is 220 Å². The third-order valence-electron chi connectivity index (χ3n) is 14.4. The number of anilines is 5. The number of hydrogen-bond donors (Lipinski definition) is 0. The van der Waals surface area contributed by atoms with Crippen molar-refractivity contribution < 1.29 is 0 Å². The Morgan fingerprint density at radius 1 is 0.391 bits per heavy atom. The predicted molar refractivity (Wildman–Crippen MR) is 293 cm³/mol. The van der Waals surface area contributed by atoms with E-state index in [0.29, 0.717) is 0 Å². The summed E-state index contributed by atoms with van der Waals surface area (Å²) in [6.45, 7) is 4.72. The van der Waals surface area contributed by atoms with Crippen LogP contribution in [-0.4, -0.2) is 6.04 Å². The molecule has 0 amide bonds. The summed E-state index contributed by atoms with van der Waals surface area (Å²) >= 11 is 0. The summed E-state index contributed by atoms with van der Waals surface area (Å²) in [6, 6.07) is 87.2. The van der Waals surface area contributed by atoms with Crippen LogP contribution in [0.4, 0.5) is 28.4 Å². The summed E-state index contributed by atoms with van der Waals surface area (Å²) in [4.78, 5) is 4.90. The van der Waals surface area contributed by atoms with Crippen LogP contribution >= 0.6 is 0 Å². The molecule has 0 saturated carbocycles. The van der Waals surface area contributed by atoms with E-state index in [9.17, 15) is 0 Å². The molecule has 0 saturated heterocycles. The Morgan fingerprint density at radius 3 is 1.52 bits per heavy atom. The summed E-state index contributed by atoms with van der Waals surface area (Å²) in [5.74, 6) is 0. The number of para-hydroxylation sites is 1. The minimum atomic E-state index is -0.125. The zero-order valence-electron chi connectivity index (χ0n) is 39.0.